The van der Waals surface area contributed by atoms with Crippen molar-refractivity contribution in [3.05, 3.63) is 0 Å². The molecule has 2 rings (SSSR count). The van der Waals surface area contributed by atoms with Gasteiger partial charge < -0.3 is 9.64 Å². The van der Waals surface area contributed by atoms with Gasteiger partial charge in [-0.15, -0.1) is 11.7 Å². The third-order valence-electron chi connectivity index (χ3n) is 4.38. The lowest BCUT2D eigenvalue weighted by atomic mass is 9.89. The summed E-state index contributed by atoms with van der Waals surface area (Å²) >= 11 is 4.35. The quantitative estimate of drug-likeness (QED) is 0.634. The molecule has 0 aromatic carbocycles. The van der Waals surface area contributed by atoms with Crippen LogP contribution in [0, 0.1) is 0 Å². The van der Waals surface area contributed by atoms with Crippen LogP contribution >= 0.6 is 22.5 Å². The van der Waals surface area contributed by atoms with Gasteiger partial charge in [0.25, 0.3) is 0 Å². The first kappa shape index (κ1) is 15.0. The van der Waals surface area contributed by atoms with Crippen molar-refractivity contribution in [2.45, 2.75) is 50.6 Å². The molecular formula is C13H26N2OS2. The molecule has 1 atom stereocenters. The molecule has 5 heteroatoms. The lowest BCUT2D eigenvalue weighted by Crippen LogP contribution is -2.58. The van der Waals surface area contributed by atoms with Crippen LogP contribution in [0.15, 0.2) is 0 Å². The summed E-state index contributed by atoms with van der Waals surface area (Å²) in [5.41, 5.74) is 0.113. The Morgan fingerprint density at radius 1 is 1.11 bits per heavy atom. The van der Waals surface area contributed by atoms with Crippen LogP contribution in [-0.4, -0.2) is 59.6 Å². The number of ether oxygens (including phenoxy) is 1. The van der Waals surface area contributed by atoms with Gasteiger partial charge in [0.1, 0.15) is 0 Å². The maximum absolute atomic E-state index is 6.16. The van der Waals surface area contributed by atoms with Gasteiger partial charge in [0, 0.05) is 32.2 Å². The Morgan fingerprint density at radius 2 is 1.78 bits per heavy atom. The van der Waals surface area contributed by atoms with Crippen LogP contribution in [-0.2, 0) is 4.74 Å². The Balaban J connectivity index is 1.92. The van der Waals surface area contributed by atoms with Crippen LogP contribution in [0.1, 0.15) is 33.6 Å². The second kappa shape index (κ2) is 6.35. The van der Waals surface area contributed by atoms with Crippen LogP contribution in [0.2, 0.25) is 0 Å². The minimum Gasteiger partial charge on any atom is -0.372 e. The van der Waals surface area contributed by atoms with Gasteiger partial charge in [-0.2, -0.15) is 0 Å². The SMILES string of the molecule is CC(C)N1CCC2(CC1)CN(C(C)SS)CCO2. The monoisotopic (exact) mass is 290 g/mol. The van der Waals surface area contributed by atoms with Crippen molar-refractivity contribution >= 4 is 22.5 Å². The van der Waals surface area contributed by atoms with Crippen molar-refractivity contribution < 1.29 is 4.74 Å². The molecule has 106 valence electrons. The molecule has 2 aliphatic heterocycles. The molecule has 1 spiro atoms. The minimum atomic E-state index is 0.113. The van der Waals surface area contributed by atoms with Crippen molar-refractivity contribution in [2.24, 2.45) is 0 Å². The number of piperidine rings is 1. The van der Waals surface area contributed by atoms with Gasteiger partial charge in [0.15, 0.2) is 0 Å². The molecule has 0 N–H and O–H groups in total. The maximum Gasteiger partial charge on any atom is 0.0834 e. The summed E-state index contributed by atoms with van der Waals surface area (Å²) in [5, 5.41) is 0.484. The maximum atomic E-state index is 6.16. The van der Waals surface area contributed by atoms with Gasteiger partial charge in [-0.3, -0.25) is 4.90 Å². The zero-order chi connectivity index (χ0) is 13.2. The smallest absolute Gasteiger partial charge is 0.0834 e. The van der Waals surface area contributed by atoms with E-state index in [2.05, 4.69) is 42.2 Å². The van der Waals surface area contributed by atoms with Gasteiger partial charge in [-0.1, -0.05) is 10.8 Å². The molecule has 0 aromatic heterocycles. The summed E-state index contributed by atoms with van der Waals surface area (Å²) < 4.78 is 6.16. The van der Waals surface area contributed by atoms with Crippen LogP contribution < -0.4 is 0 Å². The summed E-state index contributed by atoms with van der Waals surface area (Å²) in [4.78, 5) is 5.08. The Morgan fingerprint density at radius 3 is 2.33 bits per heavy atom. The van der Waals surface area contributed by atoms with Crippen molar-refractivity contribution in [3.8, 4) is 0 Å². The van der Waals surface area contributed by atoms with Crippen molar-refractivity contribution in [2.75, 3.05) is 32.8 Å². The lowest BCUT2D eigenvalue weighted by molar-refractivity contribution is -0.139. The number of rotatable bonds is 3. The number of morpholine rings is 1. The van der Waals surface area contributed by atoms with Gasteiger partial charge >= 0.3 is 0 Å². The molecule has 0 saturated carbocycles. The van der Waals surface area contributed by atoms with Gasteiger partial charge in [-0.05, 0) is 33.6 Å². The van der Waals surface area contributed by atoms with E-state index in [9.17, 15) is 0 Å². The van der Waals surface area contributed by atoms with Crippen molar-refractivity contribution in [1.82, 2.24) is 9.80 Å². The van der Waals surface area contributed by atoms with Crippen molar-refractivity contribution in [1.29, 1.82) is 0 Å². The molecule has 0 radical (unpaired) electrons. The molecular weight excluding hydrogens is 264 g/mol. The summed E-state index contributed by atoms with van der Waals surface area (Å²) in [7, 11) is 1.64. The molecule has 1 unspecified atom stereocenters. The predicted octanol–water partition coefficient (Wildman–Crippen LogP) is 2.49. The third kappa shape index (κ3) is 3.37. The Hall–Kier alpha value is 0.580. The fourth-order valence-corrected chi connectivity index (χ4v) is 3.71. The van der Waals surface area contributed by atoms with E-state index in [0.717, 1.165) is 19.7 Å². The van der Waals surface area contributed by atoms with Crippen LogP contribution in [0.5, 0.6) is 0 Å². The summed E-state index contributed by atoms with van der Waals surface area (Å²) in [6, 6.07) is 0.661. The largest absolute Gasteiger partial charge is 0.372 e. The molecule has 3 nitrogen and oxygen atoms in total. The summed E-state index contributed by atoms with van der Waals surface area (Å²) in [5.74, 6) is 0. The van der Waals surface area contributed by atoms with E-state index in [1.807, 2.05) is 0 Å². The molecule has 0 aromatic rings. The van der Waals surface area contributed by atoms with Gasteiger partial charge in [0.05, 0.1) is 17.6 Å². The fourth-order valence-electron chi connectivity index (χ4n) is 3.00. The van der Waals surface area contributed by atoms with E-state index in [4.69, 9.17) is 4.74 Å². The van der Waals surface area contributed by atoms with E-state index in [-0.39, 0.29) is 5.60 Å². The van der Waals surface area contributed by atoms with Gasteiger partial charge in [0.2, 0.25) is 0 Å². The number of likely N-dealkylation sites (tertiary alicyclic amines) is 1. The van der Waals surface area contributed by atoms with E-state index in [1.54, 1.807) is 10.8 Å². The molecule has 18 heavy (non-hydrogen) atoms. The second-order valence-corrected chi connectivity index (χ2v) is 7.36. The Kier molecular flexibility index (Phi) is 5.29. The minimum absolute atomic E-state index is 0.113. The van der Waals surface area contributed by atoms with Crippen LogP contribution in [0.4, 0.5) is 0 Å². The number of hydrogen-bond acceptors (Lipinski definition) is 5. The highest BCUT2D eigenvalue weighted by atomic mass is 33.1. The average molecular weight is 290 g/mol. The van der Waals surface area contributed by atoms with Crippen molar-refractivity contribution in [3.63, 3.8) is 0 Å². The molecule has 0 aliphatic carbocycles. The Labute approximate surface area is 120 Å². The van der Waals surface area contributed by atoms with Crippen LogP contribution in [0.3, 0.4) is 0 Å². The van der Waals surface area contributed by atoms with E-state index in [1.165, 1.54) is 25.9 Å². The molecule has 2 saturated heterocycles. The second-order valence-electron chi connectivity index (χ2n) is 5.84. The van der Waals surface area contributed by atoms with E-state index >= 15 is 0 Å². The third-order valence-corrected chi connectivity index (χ3v) is 5.90. The lowest BCUT2D eigenvalue weighted by Gasteiger charge is -2.49. The zero-order valence-electron chi connectivity index (χ0n) is 11.8. The molecule has 0 amide bonds. The molecule has 2 heterocycles. The zero-order valence-corrected chi connectivity index (χ0v) is 13.5. The number of hydrogen-bond donors (Lipinski definition) is 1. The highest BCUT2D eigenvalue weighted by Crippen LogP contribution is 2.33. The predicted molar refractivity (Wildman–Crippen MR) is 82.2 cm³/mol. The molecule has 2 aliphatic rings. The average Bonchev–Trinajstić information content (AvgIpc) is 2.38. The summed E-state index contributed by atoms with van der Waals surface area (Å²) in [6.45, 7) is 12.2. The first-order valence-electron chi connectivity index (χ1n) is 6.99. The normalized spacial score (nSPS) is 27.8. The topological polar surface area (TPSA) is 15.7 Å². The first-order valence-corrected chi connectivity index (χ1v) is 8.92. The van der Waals surface area contributed by atoms with E-state index in [0.29, 0.717) is 11.4 Å². The fraction of sp³-hybridized carbons (Fsp3) is 1.00. The standard InChI is InChI=1S/C13H26N2OS2/c1-11(2)14-6-4-13(5-7-14)10-15(8-9-16-13)12(3)18-17/h11-12,17H,4-10H2,1-3H3. The first-order chi connectivity index (χ1) is 8.56. The highest BCUT2D eigenvalue weighted by molar-refractivity contribution is 8.68. The molecule has 2 fully saturated rings. The van der Waals surface area contributed by atoms with Crippen LogP contribution in [0.25, 0.3) is 0 Å². The van der Waals surface area contributed by atoms with Gasteiger partial charge in [-0.25, -0.2) is 0 Å². The number of thiol groups is 1. The Bertz CT molecular complexity index is 268. The highest BCUT2D eigenvalue weighted by Gasteiger charge is 2.40. The number of nitrogens with zero attached hydrogens (tertiary/aromatic N) is 2. The molecule has 0 bridgehead atoms. The van der Waals surface area contributed by atoms with E-state index < -0.39 is 0 Å². The summed E-state index contributed by atoms with van der Waals surface area (Å²) in [6.07, 6.45) is 2.34.